The molecule has 2 aromatic rings. The molecule has 33 heavy (non-hydrogen) atoms. The van der Waals surface area contributed by atoms with Gasteiger partial charge in [0.1, 0.15) is 0 Å². The first-order valence-electron chi connectivity index (χ1n) is 10.6. The molecule has 0 aromatic heterocycles. The summed E-state index contributed by atoms with van der Waals surface area (Å²) in [5.74, 6) is 4.15. The average molecular weight is 444 g/mol. The number of rotatable bonds is 6. The van der Waals surface area contributed by atoms with Crippen LogP contribution in [0.15, 0.2) is 84.5 Å². The number of nitro groups is 1. The van der Waals surface area contributed by atoms with Gasteiger partial charge in [-0.05, 0) is 55.0 Å². The Kier molecular flexibility index (Phi) is 8.14. The zero-order chi connectivity index (χ0) is 23.6. The van der Waals surface area contributed by atoms with Gasteiger partial charge in [0.25, 0.3) is 0 Å². The first kappa shape index (κ1) is 23.5. The van der Waals surface area contributed by atoms with Gasteiger partial charge < -0.3 is 4.74 Å². The molecule has 0 N–H and O–H groups in total. The lowest BCUT2D eigenvalue weighted by atomic mass is 9.95. The summed E-state index contributed by atoms with van der Waals surface area (Å²) >= 11 is 0. The highest BCUT2D eigenvalue weighted by molar-refractivity contribution is 6.10. The Labute approximate surface area is 192 Å². The number of carbonyl (C=O) groups excluding carboxylic acids is 2. The summed E-state index contributed by atoms with van der Waals surface area (Å²) in [7, 11) is 0. The second kappa shape index (κ2) is 11.4. The number of amides is 1. The normalized spacial score (nSPS) is 16.2. The minimum absolute atomic E-state index is 0.287. The number of esters is 1. The largest absolute Gasteiger partial charge is 0.446 e. The average Bonchev–Trinajstić information content (AvgIpc) is 2.83. The lowest BCUT2D eigenvalue weighted by Gasteiger charge is -2.20. The summed E-state index contributed by atoms with van der Waals surface area (Å²) < 4.78 is 5.23. The van der Waals surface area contributed by atoms with E-state index in [1.165, 1.54) is 17.1 Å². The van der Waals surface area contributed by atoms with Gasteiger partial charge in [0.05, 0.1) is 0 Å². The van der Waals surface area contributed by atoms with Crippen molar-refractivity contribution in [1.82, 2.24) is 0 Å². The van der Waals surface area contributed by atoms with E-state index in [9.17, 15) is 19.7 Å². The molecular weight excluding hydrogens is 420 g/mol. The summed E-state index contributed by atoms with van der Waals surface area (Å²) in [4.78, 5) is 37.1. The molecule has 2 unspecified atom stereocenters. The third-order valence-electron chi connectivity index (χ3n) is 5.02. The van der Waals surface area contributed by atoms with E-state index < -0.39 is 24.0 Å². The van der Waals surface area contributed by atoms with Gasteiger partial charge in [0, 0.05) is 35.2 Å². The Hall–Kier alpha value is -4.18. The number of allylic oxidation sites excluding steroid dienone is 2. The molecule has 168 valence electrons. The molecule has 0 radical (unpaired) electrons. The number of hydrogen-bond donors (Lipinski definition) is 0. The summed E-state index contributed by atoms with van der Waals surface area (Å²) in [6.45, 7) is 1.57. The van der Waals surface area contributed by atoms with Crippen LogP contribution in [-0.4, -0.2) is 28.9 Å². The summed E-state index contributed by atoms with van der Waals surface area (Å²) in [6.07, 6.45) is 5.22. The Bertz CT molecular complexity index is 1070. The van der Waals surface area contributed by atoms with E-state index >= 15 is 0 Å². The lowest BCUT2D eigenvalue weighted by molar-refractivity contribution is -0.523. The van der Waals surface area contributed by atoms with Crippen LogP contribution >= 0.6 is 0 Å². The van der Waals surface area contributed by atoms with Crippen molar-refractivity contribution >= 4 is 23.3 Å². The molecule has 3 rings (SSSR count). The van der Waals surface area contributed by atoms with Gasteiger partial charge >= 0.3 is 11.9 Å². The van der Waals surface area contributed by atoms with Gasteiger partial charge in [-0.25, -0.2) is 4.79 Å². The minimum Gasteiger partial charge on any atom is -0.446 e. The molecule has 0 saturated heterocycles. The van der Waals surface area contributed by atoms with Crippen LogP contribution in [0.4, 0.5) is 11.4 Å². The molecule has 0 saturated carbocycles. The van der Waals surface area contributed by atoms with Crippen LogP contribution in [-0.2, 0) is 14.3 Å². The number of hydrogen-bond acceptors (Lipinski definition) is 5. The van der Waals surface area contributed by atoms with Crippen LogP contribution < -0.4 is 4.90 Å². The lowest BCUT2D eigenvalue weighted by Crippen LogP contribution is -2.24. The Balaban J connectivity index is 1.63. The first-order valence-corrected chi connectivity index (χ1v) is 10.6. The van der Waals surface area contributed by atoms with Crippen LogP contribution in [0.1, 0.15) is 26.2 Å². The van der Waals surface area contributed by atoms with Crippen molar-refractivity contribution in [3.8, 4) is 11.8 Å². The van der Waals surface area contributed by atoms with E-state index in [4.69, 9.17) is 4.74 Å². The molecule has 7 heteroatoms. The number of anilines is 2. The van der Waals surface area contributed by atoms with Crippen LogP contribution in [0.5, 0.6) is 0 Å². The van der Waals surface area contributed by atoms with Crippen LogP contribution in [0.3, 0.4) is 0 Å². The van der Waals surface area contributed by atoms with Crippen molar-refractivity contribution in [2.24, 2.45) is 0 Å². The highest BCUT2D eigenvalue weighted by Gasteiger charge is 2.23. The zero-order valence-corrected chi connectivity index (χ0v) is 18.2. The maximum absolute atomic E-state index is 12.9. The van der Waals surface area contributed by atoms with E-state index in [1.54, 1.807) is 6.92 Å². The van der Waals surface area contributed by atoms with Crippen molar-refractivity contribution < 1.29 is 19.2 Å². The third kappa shape index (κ3) is 6.91. The minimum atomic E-state index is -0.814. The molecule has 1 amide bonds. The molecule has 7 nitrogen and oxygen atoms in total. The SMILES string of the molecule is CC(C#CC(=O)N(c1ccccc1)c1ccccc1)OC(=O)/C=C/C1=CCCC([N+](=O)[O-])C1. The monoisotopic (exact) mass is 444 g/mol. The number of carbonyl (C=O) groups is 2. The second-order valence-electron chi connectivity index (χ2n) is 7.49. The summed E-state index contributed by atoms with van der Waals surface area (Å²) in [5.41, 5.74) is 2.07. The van der Waals surface area contributed by atoms with Crippen molar-refractivity contribution in [2.45, 2.75) is 38.3 Å². The van der Waals surface area contributed by atoms with Crippen molar-refractivity contribution in [3.05, 3.63) is 94.6 Å². The highest BCUT2D eigenvalue weighted by Crippen LogP contribution is 2.25. The number of nitrogens with zero attached hydrogens (tertiary/aromatic N) is 2. The molecular formula is C26H24N2O5. The fourth-order valence-electron chi connectivity index (χ4n) is 3.41. The van der Waals surface area contributed by atoms with Gasteiger partial charge in [-0.15, -0.1) is 0 Å². The molecule has 0 spiro atoms. The maximum atomic E-state index is 12.9. The number of para-hydroxylation sites is 2. The molecule has 1 aliphatic rings. The van der Waals surface area contributed by atoms with Crippen molar-refractivity contribution in [2.75, 3.05) is 4.90 Å². The number of benzene rings is 2. The van der Waals surface area contributed by atoms with E-state index in [0.29, 0.717) is 24.2 Å². The number of ether oxygens (including phenoxy) is 1. The van der Waals surface area contributed by atoms with E-state index in [0.717, 1.165) is 5.57 Å². The van der Waals surface area contributed by atoms with Crippen LogP contribution in [0, 0.1) is 22.0 Å². The Morgan fingerprint density at radius 1 is 1.12 bits per heavy atom. The Morgan fingerprint density at radius 2 is 1.73 bits per heavy atom. The highest BCUT2D eigenvalue weighted by atomic mass is 16.6. The predicted molar refractivity (Wildman–Crippen MR) is 125 cm³/mol. The standard InChI is InChI=1S/C26H24N2O5/c1-20(33-26(30)18-16-21-9-8-14-24(19-21)28(31)32)15-17-25(29)27(22-10-4-2-5-11-22)23-12-6-3-7-13-23/h2-7,9-13,16,18,20,24H,8,14,19H2,1H3/b18-16+. The smallest absolute Gasteiger partial charge is 0.331 e. The first-order chi connectivity index (χ1) is 15.9. The zero-order valence-electron chi connectivity index (χ0n) is 18.2. The Morgan fingerprint density at radius 3 is 2.30 bits per heavy atom. The van der Waals surface area contributed by atoms with Crippen LogP contribution in [0.25, 0.3) is 0 Å². The summed E-state index contributed by atoms with van der Waals surface area (Å²) in [5, 5.41) is 11.0. The fraction of sp³-hybridized carbons (Fsp3) is 0.231. The molecule has 0 heterocycles. The summed E-state index contributed by atoms with van der Waals surface area (Å²) in [6, 6.07) is 17.7. The molecule has 2 atom stereocenters. The third-order valence-corrected chi connectivity index (χ3v) is 5.02. The van der Waals surface area contributed by atoms with Crippen molar-refractivity contribution in [1.29, 1.82) is 0 Å². The van der Waals surface area contributed by atoms with E-state index in [1.807, 2.05) is 66.7 Å². The maximum Gasteiger partial charge on any atom is 0.331 e. The molecule has 1 aliphatic carbocycles. The van der Waals surface area contributed by atoms with Crippen LogP contribution in [0.2, 0.25) is 0 Å². The van der Waals surface area contributed by atoms with Gasteiger partial charge in [-0.3, -0.25) is 19.8 Å². The van der Waals surface area contributed by atoms with Gasteiger partial charge in [0.15, 0.2) is 6.10 Å². The van der Waals surface area contributed by atoms with Gasteiger partial charge in [0.2, 0.25) is 6.04 Å². The predicted octanol–water partition coefficient (Wildman–Crippen LogP) is 4.60. The second-order valence-corrected chi connectivity index (χ2v) is 7.49. The molecule has 0 bridgehead atoms. The van der Waals surface area contributed by atoms with Gasteiger partial charge in [-0.1, -0.05) is 48.6 Å². The quantitative estimate of drug-likeness (QED) is 0.214. The fourth-order valence-corrected chi connectivity index (χ4v) is 3.41. The topological polar surface area (TPSA) is 89.8 Å². The van der Waals surface area contributed by atoms with Gasteiger partial charge in [-0.2, -0.15) is 0 Å². The van der Waals surface area contributed by atoms with Crippen molar-refractivity contribution in [3.63, 3.8) is 0 Å². The molecule has 0 aliphatic heterocycles. The van der Waals surface area contributed by atoms with E-state index in [-0.39, 0.29) is 11.3 Å². The molecule has 2 aromatic carbocycles. The van der Waals surface area contributed by atoms with E-state index in [2.05, 4.69) is 11.8 Å². The molecule has 0 fully saturated rings.